The first-order valence-corrected chi connectivity index (χ1v) is 3.30. The standard InChI is InChI=1S/C9H7FO2/c1-2-8(11)6-3-4-7(10)9(12)5-6/h2-5,12H,1H2. The van der Waals surface area contributed by atoms with Crippen LogP contribution in [0.4, 0.5) is 4.39 Å². The van der Waals surface area contributed by atoms with Gasteiger partial charge in [0.2, 0.25) is 0 Å². The van der Waals surface area contributed by atoms with Gasteiger partial charge in [-0.2, -0.15) is 0 Å². The molecule has 1 N–H and O–H groups in total. The molecule has 1 rings (SSSR count). The number of rotatable bonds is 2. The predicted octanol–water partition coefficient (Wildman–Crippen LogP) is 1.90. The van der Waals surface area contributed by atoms with Gasteiger partial charge < -0.3 is 5.11 Å². The monoisotopic (exact) mass is 166 g/mol. The number of phenolic OH excluding ortho intramolecular Hbond substituents is 1. The lowest BCUT2D eigenvalue weighted by atomic mass is 10.1. The van der Waals surface area contributed by atoms with Crippen molar-refractivity contribution in [3.8, 4) is 5.75 Å². The van der Waals surface area contributed by atoms with Gasteiger partial charge in [-0.25, -0.2) is 4.39 Å². The van der Waals surface area contributed by atoms with Crippen molar-refractivity contribution in [1.29, 1.82) is 0 Å². The molecular weight excluding hydrogens is 159 g/mol. The minimum absolute atomic E-state index is 0.226. The Bertz CT molecular complexity index is 331. The van der Waals surface area contributed by atoms with E-state index < -0.39 is 11.6 Å². The summed E-state index contributed by atoms with van der Waals surface area (Å²) in [6, 6.07) is 3.39. The van der Waals surface area contributed by atoms with Gasteiger partial charge in [0.1, 0.15) is 0 Å². The average Bonchev–Trinajstić information content (AvgIpc) is 2.08. The second-order valence-electron chi connectivity index (χ2n) is 2.23. The van der Waals surface area contributed by atoms with E-state index in [1.807, 2.05) is 0 Å². The molecule has 0 bridgehead atoms. The number of ketones is 1. The van der Waals surface area contributed by atoms with Gasteiger partial charge in [0, 0.05) is 5.56 Å². The van der Waals surface area contributed by atoms with Crippen molar-refractivity contribution in [3.05, 3.63) is 42.2 Å². The Kier molecular flexibility index (Phi) is 2.24. The number of aromatic hydroxyl groups is 1. The van der Waals surface area contributed by atoms with Gasteiger partial charge in [-0.15, -0.1) is 0 Å². The topological polar surface area (TPSA) is 37.3 Å². The fourth-order valence-corrected chi connectivity index (χ4v) is 0.784. The van der Waals surface area contributed by atoms with E-state index in [1.165, 1.54) is 6.07 Å². The van der Waals surface area contributed by atoms with Crippen LogP contribution < -0.4 is 0 Å². The molecule has 0 aliphatic rings. The number of phenols is 1. The molecule has 1 aromatic carbocycles. The molecule has 1 aromatic rings. The Balaban J connectivity index is 3.13. The Hall–Kier alpha value is -1.64. The number of carbonyl (C=O) groups is 1. The maximum Gasteiger partial charge on any atom is 0.185 e. The fraction of sp³-hybridized carbons (Fsp3) is 0. The van der Waals surface area contributed by atoms with Gasteiger partial charge in [-0.1, -0.05) is 6.58 Å². The van der Waals surface area contributed by atoms with Crippen LogP contribution >= 0.6 is 0 Å². The summed E-state index contributed by atoms with van der Waals surface area (Å²) < 4.78 is 12.5. The summed E-state index contributed by atoms with van der Waals surface area (Å²) in [5, 5.41) is 8.88. The van der Waals surface area contributed by atoms with Gasteiger partial charge in [0.15, 0.2) is 17.3 Å². The van der Waals surface area contributed by atoms with Crippen molar-refractivity contribution in [2.24, 2.45) is 0 Å². The normalized spacial score (nSPS) is 9.42. The lowest BCUT2D eigenvalue weighted by Crippen LogP contribution is -1.93. The first-order chi connectivity index (χ1) is 5.65. The van der Waals surface area contributed by atoms with Crippen LogP contribution in [0.15, 0.2) is 30.9 Å². The van der Waals surface area contributed by atoms with E-state index in [-0.39, 0.29) is 11.3 Å². The molecule has 0 aromatic heterocycles. The van der Waals surface area contributed by atoms with Gasteiger partial charge in [0.05, 0.1) is 0 Å². The Labute approximate surface area is 69.0 Å². The number of hydrogen-bond acceptors (Lipinski definition) is 2. The minimum Gasteiger partial charge on any atom is -0.505 e. The van der Waals surface area contributed by atoms with E-state index in [0.29, 0.717) is 0 Å². The molecule has 12 heavy (non-hydrogen) atoms. The lowest BCUT2D eigenvalue weighted by molar-refractivity contribution is 0.104. The molecule has 0 unspecified atom stereocenters. The van der Waals surface area contributed by atoms with Gasteiger partial charge in [0.25, 0.3) is 0 Å². The van der Waals surface area contributed by atoms with E-state index in [0.717, 1.165) is 18.2 Å². The largest absolute Gasteiger partial charge is 0.505 e. The third kappa shape index (κ3) is 1.50. The van der Waals surface area contributed by atoms with E-state index in [1.54, 1.807) is 0 Å². The van der Waals surface area contributed by atoms with Crippen LogP contribution in [0.3, 0.4) is 0 Å². The molecule has 2 nitrogen and oxygen atoms in total. The maximum absolute atomic E-state index is 12.5. The Morgan fingerprint density at radius 1 is 1.58 bits per heavy atom. The third-order valence-electron chi connectivity index (χ3n) is 1.42. The number of halogens is 1. The Morgan fingerprint density at radius 3 is 2.75 bits per heavy atom. The summed E-state index contributed by atoms with van der Waals surface area (Å²) in [7, 11) is 0. The molecule has 0 saturated carbocycles. The predicted molar refractivity (Wildman–Crippen MR) is 42.6 cm³/mol. The minimum atomic E-state index is -0.740. The van der Waals surface area contributed by atoms with Crippen LogP contribution in [-0.4, -0.2) is 10.9 Å². The first kappa shape index (κ1) is 8.46. The number of benzene rings is 1. The van der Waals surface area contributed by atoms with Crippen LogP contribution in [0.25, 0.3) is 0 Å². The molecule has 0 amide bonds. The smallest absolute Gasteiger partial charge is 0.185 e. The fourth-order valence-electron chi connectivity index (χ4n) is 0.784. The second kappa shape index (κ2) is 3.17. The highest BCUT2D eigenvalue weighted by Crippen LogP contribution is 2.16. The molecule has 0 aliphatic heterocycles. The van der Waals surface area contributed by atoms with E-state index in [9.17, 15) is 9.18 Å². The summed E-state index contributed by atoms with van der Waals surface area (Å²) in [4.78, 5) is 10.9. The van der Waals surface area contributed by atoms with Crippen LogP contribution in [-0.2, 0) is 0 Å². The van der Waals surface area contributed by atoms with Crippen LogP contribution in [0, 0.1) is 5.82 Å². The van der Waals surface area contributed by atoms with Crippen LogP contribution in [0.1, 0.15) is 10.4 Å². The Morgan fingerprint density at radius 2 is 2.25 bits per heavy atom. The maximum atomic E-state index is 12.5. The summed E-state index contributed by atoms with van der Waals surface area (Å²) in [6.07, 6.45) is 1.10. The van der Waals surface area contributed by atoms with Crippen molar-refractivity contribution < 1.29 is 14.3 Å². The molecule has 0 spiro atoms. The van der Waals surface area contributed by atoms with Gasteiger partial charge in [-0.3, -0.25) is 4.79 Å². The van der Waals surface area contributed by atoms with Crippen molar-refractivity contribution in [2.45, 2.75) is 0 Å². The van der Waals surface area contributed by atoms with E-state index in [2.05, 4.69) is 6.58 Å². The molecule has 0 saturated heterocycles. The zero-order chi connectivity index (χ0) is 9.14. The molecule has 0 heterocycles. The molecule has 0 atom stereocenters. The van der Waals surface area contributed by atoms with Gasteiger partial charge >= 0.3 is 0 Å². The average molecular weight is 166 g/mol. The molecule has 0 aliphatic carbocycles. The molecule has 0 fully saturated rings. The zero-order valence-corrected chi connectivity index (χ0v) is 6.25. The summed E-state index contributed by atoms with van der Waals surface area (Å²) in [5.74, 6) is -1.61. The quantitative estimate of drug-likeness (QED) is 0.538. The number of hydrogen-bond donors (Lipinski definition) is 1. The first-order valence-electron chi connectivity index (χ1n) is 3.30. The van der Waals surface area contributed by atoms with Crippen molar-refractivity contribution in [1.82, 2.24) is 0 Å². The van der Waals surface area contributed by atoms with Crippen molar-refractivity contribution in [2.75, 3.05) is 0 Å². The molecular formula is C9H7FO2. The number of allylic oxidation sites excluding steroid dienone is 1. The van der Waals surface area contributed by atoms with Crippen LogP contribution in [0.5, 0.6) is 5.75 Å². The summed E-state index contributed by atoms with van der Waals surface area (Å²) in [5.41, 5.74) is 0.226. The second-order valence-corrected chi connectivity index (χ2v) is 2.23. The zero-order valence-electron chi connectivity index (χ0n) is 6.25. The third-order valence-corrected chi connectivity index (χ3v) is 1.42. The van der Waals surface area contributed by atoms with Crippen LogP contribution in [0.2, 0.25) is 0 Å². The SMILES string of the molecule is C=CC(=O)c1ccc(F)c(O)c1. The van der Waals surface area contributed by atoms with E-state index in [4.69, 9.17) is 5.11 Å². The highest BCUT2D eigenvalue weighted by molar-refractivity contribution is 6.04. The highest BCUT2D eigenvalue weighted by atomic mass is 19.1. The van der Waals surface area contributed by atoms with Crippen molar-refractivity contribution >= 4 is 5.78 Å². The number of carbonyl (C=O) groups excluding carboxylic acids is 1. The van der Waals surface area contributed by atoms with E-state index >= 15 is 0 Å². The highest BCUT2D eigenvalue weighted by Gasteiger charge is 2.05. The van der Waals surface area contributed by atoms with Crippen molar-refractivity contribution in [3.63, 3.8) is 0 Å². The summed E-state index contributed by atoms with van der Waals surface area (Å²) in [6.45, 7) is 3.26. The molecule has 62 valence electrons. The summed E-state index contributed by atoms with van der Waals surface area (Å²) >= 11 is 0. The lowest BCUT2D eigenvalue weighted by Gasteiger charge is -1.97. The van der Waals surface area contributed by atoms with Gasteiger partial charge in [-0.05, 0) is 24.3 Å². The molecule has 3 heteroatoms. The molecule has 0 radical (unpaired) electrons.